The number of halogens is 1. The lowest BCUT2D eigenvalue weighted by molar-refractivity contribution is -0.123. The Bertz CT molecular complexity index is 1290. The van der Waals surface area contributed by atoms with Crippen LogP contribution in [0.1, 0.15) is 29.7 Å². The fourth-order valence-electron chi connectivity index (χ4n) is 3.58. The summed E-state index contributed by atoms with van der Waals surface area (Å²) < 4.78 is 6.14. The van der Waals surface area contributed by atoms with Crippen molar-refractivity contribution < 1.29 is 14.3 Å². The van der Waals surface area contributed by atoms with Gasteiger partial charge < -0.3 is 10.1 Å². The number of ether oxygens (including phenoxy) is 1. The normalized spacial score (nSPS) is 15.4. The van der Waals surface area contributed by atoms with Gasteiger partial charge in [-0.3, -0.25) is 14.5 Å². The summed E-state index contributed by atoms with van der Waals surface area (Å²) in [6, 6.07) is 22.2. The van der Waals surface area contributed by atoms with Crippen molar-refractivity contribution in [3.8, 4) is 5.75 Å². The molecule has 1 atom stereocenters. The van der Waals surface area contributed by atoms with Gasteiger partial charge in [-0.2, -0.15) is 0 Å². The van der Waals surface area contributed by atoms with E-state index in [4.69, 9.17) is 28.6 Å². The highest BCUT2D eigenvalue weighted by Crippen LogP contribution is 2.38. The number of thioether (sulfide) groups is 1. The van der Waals surface area contributed by atoms with Crippen molar-refractivity contribution in [2.24, 2.45) is 0 Å². The smallest absolute Gasteiger partial charge is 0.266 e. The molecule has 1 N–H and O–H groups in total. The summed E-state index contributed by atoms with van der Waals surface area (Å²) in [4.78, 5) is 27.5. The number of nitrogens with one attached hydrogen (secondary N) is 1. The summed E-state index contributed by atoms with van der Waals surface area (Å²) in [6.45, 7) is 3.67. The van der Waals surface area contributed by atoms with Crippen LogP contribution < -0.4 is 10.1 Å². The van der Waals surface area contributed by atoms with Gasteiger partial charge in [0.2, 0.25) is 0 Å². The second-order valence-corrected chi connectivity index (χ2v) is 10.0. The number of rotatable bonds is 7. The molecule has 0 saturated carbocycles. The van der Waals surface area contributed by atoms with Crippen molar-refractivity contribution in [3.05, 3.63) is 99.4 Å². The van der Waals surface area contributed by atoms with Gasteiger partial charge in [-0.1, -0.05) is 84.1 Å². The van der Waals surface area contributed by atoms with Gasteiger partial charge in [0.15, 0.2) is 6.61 Å². The zero-order chi connectivity index (χ0) is 24.9. The molecular formula is C27H23ClN2O3S2. The highest BCUT2D eigenvalue weighted by molar-refractivity contribution is 8.26. The lowest BCUT2D eigenvalue weighted by Crippen LogP contribution is -2.30. The minimum Gasteiger partial charge on any atom is -0.484 e. The van der Waals surface area contributed by atoms with Gasteiger partial charge in [0.05, 0.1) is 10.9 Å². The van der Waals surface area contributed by atoms with Crippen LogP contribution in [-0.2, 0) is 9.59 Å². The minimum absolute atomic E-state index is 0.107. The molecule has 0 unspecified atom stereocenters. The molecule has 1 saturated heterocycles. The summed E-state index contributed by atoms with van der Waals surface area (Å²) in [5, 5.41) is 3.39. The monoisotopic (exact) mass is 522 g/mol. The van der Waals surface area contributed by atoms with E-state index in [0.717, 1.165) is 16.7 Å². The average Bonchev–Trinajstić information content (AvgIpc) is 3.14. The molecule has 0 aliphatic carbocycles. The number of hydrogen-bond donors (Lipinski definition) is 1. The third-order valence-corrected chi connectivity index (χ3v) is 7.32. The minimum atomic E-state index is -0.282. The van der Waals surface area contributed by atoms with Gasteiger partial charge in [-0.15, -0.1) is 0 Å². The summed E-state index contributed by atoms with van der Waals surface area (Å²) in [7, 11) is 0. The maximum Gasteiger partial charge on any atom is 0.266 e. The summed E-state index contributed by atoms with van der Waals surface area (Å²) in [6.07, 6.45) is 1.81. The highest BCUT2D eigenvalue weighted by Gasteiger charge is 2.35. The standard InChI is InChI=1S/C27H23ClN2O3S2/c1-17-22(28)9-6-10-23(17)29-25(31)16-33-21-13-11-19(12-14-21)15-24-26(32)30(27(34)35-24)18(2)20-7-4-3-5-8-20/h3-15,18H,16H2,1-2H3,(H,29,31)/b24-15-/t18-/m1/s1. The van der Waals surface area contributed by atoms with Crippen LogP contribution in [-0.4, -0.2) is 27.6 Å². The maximum absolute atomic E-state index is 13.0. The van der Waals surface area contributed by atoms with Crippen LogP contribution >= 0.6 is 35.6 Å². The molecule has 3 aromatic carbocycles. The summed E-state index contributed by atoms with van der Waals surface area (Å²) >= 11 is 12.9. The molecule has 178 valence electrons. The van der Waals surface area contributed by atoms with Crippen LogP contribution in [0.4, 0.5) is 5.69 Å². The first-order valence-corrected chi connectivity index (χ1v) is 12.5. The Morgan fingerprint density at radius 3 is 2.54 bits per heavy atom. The maximum atomic E-state index is 13.0. The molecule has 35 heavy (non-hydrogen) atoms. The number of amides is 2. The fourth-order valence-corrected chi connectivity index (χ4v) is 5.18. The number of hydrogen-bond acceptors (Lipinski definition) is 5. The van der Waals surface area contributed by atoms with E-state index in [9.17, 15) is 9.59 Å². The first kappa shape index (κ1) is 25.0. The quantitative estimate of drug-likeness (QED) is 0.279. The zero-order valence-corrected chi connectivity index (χ0v) is 21.5. The summed E-state index contributed by atoms with van der Waals surface area (Å²) in [5.41, 5.74) is 3.32. The van der Waals surface area contributed by atoms with Gasteiger partial charge in [0.25, 0.3) is 11.8 Å². The molecule has 4 rings (SSSR count). The second-order valence-electron chi connectivity index (χ2n) is 7.96. The van der Waals surface area contributed by atoms with Crippen molar-refractivity contribution in [2.75, 3.05) is 11.9 Å². The molecule has 5 nitrogen and oxygen atoms in total. The zero-order valence-electron chi connectivity index (χ0n) is 19.2. The number of anilines is 1. The van der Waals surface area contributed by atoms with E-state index in [2.05, 4.69) is 5.32 Å². The van der Waals surface area contributed by atoms with Crippen LogP contribution in [0, 0.1) is 6.92 Å². The topological polar surface area (TPSA) is 58.6 Å². The van der Waals surface area contributed by atoms with E-state index in [1.54, 1.807) is 35.2 Å². The molecule has 2 amide bonds. The summed E-state index contributed by atoms with van der Waals surface area (Å²) in [5.74, 6) is 0.158. The average molecular weight is 523 g/mol. The number of benzene rings is 3. The van der Waals surface area contributed by atoms with Crippen LogP contribution in [0.15, 0.2) is 77.7 Å². The molecule has 1 aliphatic heterocycles. The molecule has 1 aliphatic rings. The highest BCUT2D eigenvalue weighted by atomic mass is 35.5. The fraction of sp³-hybridized carbons (Fsp3) is 0.148. The van der Waals surface area contributed by atoms with Gasteiger partial charge in [0, 0.05) is 10.7 Å². The predicted octanol–water partition coefficient (Wildman–Crippen LogP) is 6.63. The predicted molar refractivity (Wildman–Crippen MR) is 147 cm³/mol. The number of nitrogens with zero attached hydrogens (tertiary/aromatic N) is 1. The first-order chi connectivity index (χ1) is 16.8. The molecule has 3 aromatic rings. The van der Waals surface area contributed by atoms with E-state index in [-0.39, 0.29) is 24.5 Å². The Kier molecular flexibility index (Phi) is 7.90. The lowest BCUT2D eigenvalue weighted by Gasteiger charge is -2.23. The molecule has 0 radical (unpaired) electrons. The lowest BCUT2D eigenvalue weighted by atomic mass is 10.1. The third kappa shape index (κ3) is 5.93. The van der Waals surface area contributed by atoms with Crippen molar-refractivity contribution in [3.63, 3.8) is 0 Å². The van der Waals surface area contributed by atoms with E-state index in [0.29, 0.717) is 25.7 Å². The number of thiocarbonyl (C=S) groups is 1. The van der Waals surface area contributed by atoms with Crippen molar-refractivity contribution in [1.29, 1.82) is 0 Å². The van der Waals surface area contributed by atoms with Gasteiger partial charge in [0.1, 0.15) is 10.1 Å². The van der Waals surface area contributed by atoms with E-state index >= 15 is 0 Å². The number of carbonyl (C=O) groups excluding carboxylic acids is 2. The number of carbonyl (C=O) groups is 2. The Hall–Kier alpha value is -3.13. The molecule has 1 heterocycles. The third-order valence-electron chi connectivity index (χ3n) is 5.58. The van der Waals surface area contributed by atoms with E-state index < -0.39 is 0 Å². The molecule has 8 heteroatoms. The van der Waals surface area contributed by atoms with Gasteiger partial charge in [-0.25, -0.2) is 0 Å². The second kappa shape index (κ2) is 11.1. The van der Waals surface area contributed by atoms with Gasteiger partial charge in [-0.05, 0) is 60.9 Å². The Balaban J connectivity index is 1.37. The van der Waals surface area contributed by atoms with Gasteiger partial charge >= 0.3 is 0 Å². The molecular weight excluding hydrogens is 500 g/mol. The van der Waals surface area contributed by atoms with Crippen LogP contribution in [0.25, 0.3) is 6.08 Å². The van der Waals surface area contributed by atoms with E-state index in [1.807, 2.05) is 62.4 Å². The van der Waals surface area contributed by atoms with Crippen molar-refractivity contribution >= 4 is 63.5 Å². The van der Waals surface area contributed by atoms with Crippen LogP contribution in [0.2, 0.25) is 5.02 Å². The Labute approximate surface area is 219 Å². The van der Waals surface area contributed by atoms with Crippen molar-refractivity contribution in [2.45, 2.75) is 19.9 Å². The molecule has 0 spiro atoms. The van der Waals surface area contributed by atoms with Crippen LogP contribution in [0.3, 0.4) is 0 Å². The molecule has 0 bridgehead atoms. The van der Waals surface area contributed by atoms with Crippen LogP contribution in [0.5, 0.6) is 5.75 Å². The van der Waals surface area contributed by atoms with Crippen molar-refractivity contribution in [1.82, 2.24) is 4.90 Å². The first-order valence-electron chi connectivity index (χ1n) is 10.9. The molecule has 0 aromatic heterocycles. The SMILES string of the molecule is Cc1c(Cl)cccc1NC(=O)COc1ccc(/C=C2\SC(=S)N([C@H](C)c3ccccc3)C2=O)cc1. The Morgan fingerprint density at radius 1 is 1.11 bits per heavy atom. The van der Waals surface area contributed by atoms with E-state index in [1.165, 1.54) is 11.8 Å². The Morgan fingerprint density at radius 2 is 1.83 bits per heavy atom. The largest absolute Gasteiger partial charge is 0.484 e. The molecule has 1 fully saturated rings.